The van der Waals surface area contributed by atoms with Gasteiger partial charge in [-0.1, -0.05) is 0 Å². The van der Waals surface area contributed by atoms with E-state index in [0.717, 1.165) is 13.1 Å². The second-order valence-corrected chi connectivity index (χ2v) is 3.76. The van der Waals surface area contributed by atoms with Crippen molar-refractivity contribution in [3.63, 3.8) is 0 Å². The molecule has 0 N–H and O–H groups in total. The summed E-state index contributed by atoms with van der Waals surface area (Å²) in [5.41, 5.74) is 1.45. The quantitative estimate of drug-likeness (QED) is 0.613. The Bertz CT molecular complexity index is 263. The van der Waals surface area contributed by atoms with E-state index in [2.05, 4.69) is 41.6 Å². The van der Waals surface area contributed by atoms with Gasteiger partial charge in [-0.2, -0.15) is 0 Å². The highest BCUT2D eigenvalue weighted by molar-refractivity contribution is 5.09. The predicted octanol–water partition coefficient (Wildman–Crippen LogP) is 1.71. The minimum Gasteiger partial charge on any atom is -0.349 e. The second kappa shape index (κ2) is 2.94. The summed E-state index contributed by atoms with van der Waals surface area (Å²) in [6, 6.07) is 5.03. The van der Waals surface area contributed by atoms with Crippen LogP contribution in [0.25, 0.3) is 0 Å². The highest BCUT2D eigenvalue weighted by Crippen LogP contribution is 2.14. The van der Waals surface area contributed by atoms with Crippen LogP contribution in [-0.4, -0.2) is 22.1 Å². The van der Waals surface area contributed by atoms with Gasteiger partial charge in [-0.3, -0.25) is 4.90 Å². The fourth-order valence-electron chi connectivity index (χ4n) is 1.78. The molecule has 1 aliphatic rings. The minimum absolute atomic E-state index is 0.675. The van der Waals surface area contributed by atoms with Crippen LogP contribution in [0.3, 0.4) is 0 Å². The molecule has 1 aromatic rings. The summed E-state index contributed by atoms with van der Waals surface area (Å²) < 4.78 is 2.35. The first-order valence-electron chi connectivity index (χ1n) is 4.65. The first kappa shape index (κ1) is 7.87. The monoisotopic (exact) mass is 164 g/mol. The summed E-state index contributed by atoms with van der Waals surface area (Å²) in [4.78, 5) is 2.51. The largest absolute Gasteiger partial charge is 0.349 e. The van der Waals surface area contributed by atoms with Crippen molar-refractivity contribution < 1.29 is 0 Å². The molecule has 0 fully saturated rings. The molecule has 0 aliphatic carbocycles. The van der Waals surface area contributed by atoms with Crippen LogP contribution in [-0.2, 0) is 13.1 Å². The summed E-state index contributed by atoms with van der Waals surface area (Å²) in [6.45, 7) is 7.99. The Balaban J connectivity index is 2.15. The summed E-state index contributed by atoms with van der Waals surface area (Å²) >= 11 is 0. The molecule has 0 aromatic carbocycles. The fraction of sp³-hybridized carbons (Fsp3) is 0.600. The average Bonchev–Trinajstić information content (AvgIpc) is 2.49. The van der Waals surface area contributed by atoms with Crippen LogP contribution < -0.4 is 0 Å². The van der Waals surface area contributed by atoms with Crippen LogP contribution in [0.4, 0.5) is 0 Å². The standard InChI is InChI=1S/C10H16N2/c1-9(2)12-7-6-11-5-3-4-10(11)8-12/h3-5,9H,6-8H2,1-2H3. The summed E-state index contributed by atoms with van der Waals surface area (Å²) in [5, 5.41) is 0. The van der Waals surface area contributed by atoms with Gasteiger partial charge in [0.2, 0.25) is 0 Å². The molecule has 12 heavy (non-hydrogen) atoms. The van der Waals surface area contributed by atoms with E-state index in [0.29, 0.717) is 6.04 Å². The van der Waals surface area contributed by atoms with E-state index < -0.39 is 0 Å². The molecule has 0 radical (unpaired) electrons. The van der Waals surface area contributed by atoms with Gasteiger partial charge in [-0.15, -0.1) is 0 Å². The molecule has 2 heterocycles. The number of rotatable bonds is 1. The highest BCUT2D eigenvalue weighted by Gasteiger charge is 2.16. The van der Waals surface area contributed by atoms with Crippen molar-refractivity contribution in [3.8, 4) is 0 Å². The minimum atomic E-state index is 0.675. The highest BCUT2D eigenvalue weighted by atomic mass is 15.2. The maximum absolute atomic E-state index is 2.51. The first-order chi connectivity index (χ1) is 5.77. The lowest BCUT2D eigenvalue weighted by molar-refractivity contribution is 0.177. The van der Waals surface area contributed by atoms with Crippen molar-refractivity contribution in [2.75, 3.05) is 6.54 Å². The Labute approximate surface area is 73.8 Å². The van der Waals surface area contributed by atoms with E-state index in [-0.39, 0.29) is 0 Å². The topological polar surface area (TPSA) is 8.17 Å². The molecule has 0 unspecified atom stereocenters. The van der Waals surface area contributed by atoms with Crippen molar-refractivity contribution in [1.29, 1.82) is 0 Å². The molecule has 0 amide bonds. The van der Waals surface area contributed by atoms with Gasteiger partial charge in [0.25, 0.3) is 0 Å². The van der Waals surface area contributed by atoms with Crippen LogP contribution in [0.2, 0.25) is 0 Å². The third-order valence-corrected chi connectivity index (χ3v) is 2.65. The summed E-state index contributed by atoms with van der Waals surface area (Å²) in [7, 11) is 0. The van der Waals surface area contributed by atoms with E-state index in [4.69, 9.17) is 0 Å². The van der Waals surface area contributed by atoms with Gasteiger partial charge < -0.3 is 4.57 Å². The van der Waals surface area contributed by atoms with Crippen LogP contribution >= 0.6 is 0 Å². The van der Waals surface area contributed by atoms with Crippen LogP contribution in [0.5, 0.6) is 0 Å². The molecule has 2 rings (SSSR count). The van der Waals surface area contributed by atoms with Gasteiger partial charge in [-0.25, -0.2) is 0 Å². The van der Waals surface area contributed by atoms with Gasteiger partial charge in [0.1, 0.15) is 0 Å². The van der Waals surface area contributed by atoms with Crippen molar-refractivity contribution in [2.24, 2.45) is 0 Å². The molecule has 0 bridgehead atoms. The van der Waals surface area contributed by atoms with Gasteiger partial charge in [0.15, 0.2) is 0 Å². The first-order valence-corrected chi connectivity index (χ1v) is 4.65. The molecule has 66 valence electrons. The van der Waals surface area contributed by atoms with Gasteiger partial charge in [0, 0.05) is 37.6 Å². The second-order valence-electron chi connectivity index (χ2n) is 3.76. The number of hydrogen-bond donors (Lipinski definition) is 0. The molecular weight excluding hydrogens is 148 g/mol. The van der Waals surface area contributed by atoms with E-state index in [1.807, 2.05) is 0 Å². The molecule has 0 saturated heterocycles. The Morgan fingerprint density at radius 1 is 1.33 bits per heavy atom. The van der Waals surface area contributed by atoms with E-state index in [9.17, 15) is 0 Å². The van der Waals surface area contributed by atoms with Crippen molar-refractivity contribution in [2.45, 2.75) is 33.0 Å². The Kier molecular flexibility index (Phi) is 1.93. The third-order valence-electron chi connectivity index (χ3n) is 2.65. The van der Waals surface area contributed by atoms with Crippen molar-refractivity contribution in [3.05, 3.63) is 24.0 Å². The molecule has 0 atom stereocenters. The summed E-state index contributed by atoms with van der Waals surface area (Å²) in [6.07, 6.45) is 2.17. The maximum atomic E-state index is 2.51. The van der Waals surface area contributed by atoms with E-state index in [1.165, 1.54) is 12.2 Å². The van der Waals surface area contributed by atoms with Crippen LogP contribution in [0, 0.1) is 0 Å². The Morgan fingerprint density at radius 2 is 2.17 bits per heavy atom. The molecule has 1 aliphatic heterocycles. The smallest absolute Gasteiger partial charge is 0.0390 e. The zero-order chi connectivity index (χ0) is 8.55. The molecule has 2 nitrogen and oxygen atoms in total. The van der Waals surface area contributed by atoms with Gasteiger partial charge in [-0.05, 0) is 26.0 Å². The third kappa shape index (κ3) is 1.27. The zero-order valence-electron chi connectivity index (χ0n) is 7.83. The normalized spacial score (nSPS) is 18.2. The lowest BCUT2D eigenvalue weighted by Crippen LogP contribution is -2.37. The molecule has 1 aromatic heterocycles. The van der Waals surface area contributed by atoms with Crippen LogP contribution in [0.15, 0.2) is 18.3 Å². The van der Waals surface area contributed by atoms with E-state index in [1.54, 1.807) is 0 Å². The number of nitrogens with zero attached hydrogens (tertiary/aromatic N) is 2. The van der Waals surface area contributed by atoms with Gasteiger partial charge in [0.05, 0.1) is 0 Å². The fourth-order valence-corrected chi connectivity index (χ4v) is 1.78. The van der Waals surface area contributed by atoms with Crippen LogP contribution in [0.1, 0.15) is 19.5 Å². The predicted molar refractivity (Wildman–Crippen MR) is 50.0 cm³/mol. The van der Waals surface area contributed by atoms with Crippen molar-refractivity contribution in [1.82, 2.24) is 9.47 Å². The molecule has 0 spiro atoms. The average molecular weight is 164 g/mol. The molecule has 2 heteroatoms. The Morgan fingerprint density at radius 3 is 2.92 bits per heavy atom. The maximum Gasteiger partial charge on any atom is 0.0390 e. The zero-order valence-corrected chi connectivity index (χ0v) is 7.83. The number of aromatic nitrogens is 1. The SMILES string of the molecule is CC(C)N1CCn2cccc2C1. The summed E-state index contributed by atoms with van der Waals surface area (Å²) in [5.74, 6) is 0. The van der Waals surface area contributed by atoms with Crippen molar-refractivity contribution >= 4 is 0 Å². The lowest BCUT2D eigenvalue weighted by atomic mass is 10.2. The van der Waals surface area contributed by atoms with E-state index >= 15 is 0 Å². The number of hydrogen-bond acceptors (Lipinski definition) is 1. The number of fused-ring (bicyclic) bond motifs is 1. The lowest BCUT2D eigenvalue weighted by Gasteiger charge is -2.31. The molecular formula is C10H16N2. The van der Waals surface area contributed by atoms with Gasteiger partial charge >= 0.3 is 0 Å². The molecule has 0 saturated carbocycles. The Hall–Kier alpha value is -0.760.